The van der Waals surface area contributed by atoms with Crippen molar-refractivity contribution in [3.05, 3.63) is 100 Å². The molecule has 0 aliphatic rings. The van der Waals surface area contributed by atoms with Crippen molar-refractivity contribution in [1.82, 2.24) is 9.38 Å². The van der Waals surface area contributed by atoms with Crippen LogP contribution in [0.15, 0.2) is 77.7 Å². The Bertz CT molecular complexity index is 1430. The van der Waals surface area contributed by atoms with Crippen molar-refractivity contribution in [3.8, 4) is 5.75 Å². The quantitative estimate of drug-likeness (QED) is 0.422. The van der Waals surface area contributed by atoms with Crippen molar-refractivity contribution >= 4 is 29.0 Å². The van der Waals surface area contributed by atoms with Crippen LogP contribution in [-0.2, 0) is 11.3 Å². The minimum Gasteiger partial charge on any atom is -0.485 e. The van der Waals surface area contributed by atoms with Gasteiger partial charge in [-0.25, -0.2) is 14.6 Å². The first kappa shape index (κ1) is 22.5. The first-order valence-electron chi connectivity index (χ1n) is 10.4. The Morgan fingerprint density at radius 1 is 0.971 bits per heavy atom. The Hall–Kier alpha value is -4.66. The van der Waals surface area contributed by atoms with E-state index in [2.05, 4.69) is 15.6 Å². The van der Waals surface area contributed by atoms with E-state index in [1.54, 1.807) is 60.8 Å². The number of aryl methyl sites for hydroxylation is 1. The molecule has 0 aliphatic heterocycles. The van der Waals surface area contributed by atoms with Crippen LogP contribution >= 0.6 is 0 Å². The summed E-state index contributed by atoms with van der Waals surface area (Å²) < 4.78 is 12.1. The van der Waals surface area contributed by atoms with Crippen LogP contribution in [0.25, 0.3) is 5.65 Å². The SMILES string of the molecule is COC(=O)c1ccccc1NC(=O)Nc1ccccc1OCc1cc(=O)n2cccc(C)c2n1. The van der Waals surface area contributed by atoms with Gasteiger partial charge in [0, 0.05) is 12.3 Å². The molecule has 0 bridgehead atoms. The van der Waals surface area contributed by atoms with Gasteiger partial charge in [-0.1, -0.05) is 30.3 Å². The molecule has 2 aromatic heterocycles. The predicted octanol–water partition coefficient (Wildman–Crippen LogP) is 4.01. The largest absolute Gasteiger partial charge is 0.485 e. The molecule has 2 heterocycles. The van der Waals surface area contributed by atoms with Crippen molar-refractivity contribution in [2.45, 2.75) is 13.5 Å². The van der Waals surface area contributed by atoms with E-state index in [0.717, 1.165) is 5.56 Å². The minimum absolute atomic E-state index is 0.0333. The van der Waals surface area contributed by atoms with E-state index in [9.17, 15) is 14.4 Å². The van der Waals surface area contributed by atoms with Crippen LogP contribution < -0.4 is 20.9 Å². The van der Waals surface area contributed by atoms with Crippen LogP contribution in [0.4, 0.5) is 16.2 Å². The van der Waals surface area contributed by atoms with E-state index in [1.807, 2.05) is 13.0 Å². The van der Waals surface area contributed by atoms with Crippen molar-refractivity contribution in [2.75, 3.05) is 17.7 Å². The molecule has 0 radical (unpaired) electrons. The number of pyridine rings is 1. The van der Waals surface area contributed by atoms with E-state index in [4.69, 9.17) is 9.47 Å². The molecule has 0 atom stereocenters. The van der Waals surface area contributed by atoms with Crippen LogP contribution in [0, 0.1) is 6.92 Å². The van der Waals surface area contributed by atoms with E-state index in [1.165, 1.54) is 17.6 Å². The highest BCUT2D eigenvalue weighted by molar-refractivity contribution is 6.05. The summed E-state index contributed by atoms with van der Waals surface area (Å²) in [5.74, 6) is -0.167. The number of hydrogen-bond donors (Lipinski definition) is 2. The summed E-state index contributed by atoms with van der Waals surface area (Å²) >= 11 is 0. The Balaban J connectivity index is 1.49. The highest BCUT2D eigenvalue weighted by Gasteiger charge is 2.14. The number of benzene rings is 2. The molecule has 0 spiro atoms. The molecule has 9 nitrogen and oxygen atoms in total. The van der Waals surface area contributed by atoms with Gasteiger partial charge in [0.25, 0.3) is 5.56 Å². The fourth-order valence-corrected chi connectivity index (χ4v) is 3.39. The fourth-order valence-electron chi connectivity index (χ4n) is 3.39. The number of rotatable bonds is 6. The van der Waals surface area contributed by atoms with Crippen molar-refractivity contribution < 1.29 is 19.1 Å². The minimum atomic E-state index is -0.565. The monoisotopic (exact) mass is 458 g/mol. The molecule has 0 unspecified atom stereocenters. The van der Waals surface area contributed by atoms with Gasteiger partial charge in [-0.3, -0.25) is 9.20 Å². The maximum Gasteiger partial charge on any atom is 0.339 e. The van der Waals surface area contributed by atoms with Gasteiger partial charge in [0.2, 0.25) is 0 Å². The van der Waals surface area contributed by atoms with E-state index >= 15 is 0 Å². The molecule has 2 amide bonds. The molecule has 34 heavy (non-hydrogen) atoms. The van der Waals surface area contributed by atoms with Crippen LogP contribution in [0.1, 0.15) is 21.6 Å². The van der Waals surface area contributed by atoms with Crippen LogP contribution in [0.2, 0.25) is 0 Å². The molecule has 0 saturated heterocycles. The topological polar surface area (TPSA) is 111 Å². The summed E-state index contributed by atoms with van der Waals surface area (Å²) in [6, 6.07) is 17.9. The zero-order valence-corrected chi connectivity index (χ0v) is 18.6. The lowest BCUT2D eigenvalue weighted by Crippen LogP contribution is -2.21. The van der Waals surface area contributed by atoms with Crippen LogP contribution in [0.3, 0.4) is 0 Å². The number of carbonyl (C=O) groups is 2. The number of fused-ring (bicyclic) bond motifs is 1. The molecule has 9 heteroatoms. The standard InChI is InChI=1S/C25H22N4O5/c1-16-8-7-13-29-22(30)14-17(26-23(16)29)15-34-21-12-6-5-11-20(21)28-25(32)27-19-10-4-3-9-18(19)24(31)33-2/h3-14H,15H2,1-2H3,(H2,27,28,32). The second-order valence-electron chi connectivity index (χ2n) is 7.37. The van der Waals surface area contributed by atoms with Crippen molar-refractivity contribution in [1.29, 1.82) is 0 Å². The highest BCUT2D eigenvalue weighted by Crippen LogP contribution is 2.25. The van der Waals surface area contributed by atoms with E-state index < -0.39 is 12.0 Å². The Morgan fingerprint density at radius 3 is 2.47 bits per heavy atom. The van der Waals surface area contributed by atoms with Gasteiger partial charge in [-0.2, -0.15) is 0 Å². The van der Waals surface area contributed by atoms with Crippen molar-refractivity contribution in [3.63, 3.8) is 0 Å². The summed E-state index contributed by atoms with van der Waals surface area (Å²) in [6.07, 6.45) is 1.67. The zero-order valence-electron chi connectivity index (χ0n) is 18.6. The number of hydrogen-bond acceptors (Lipinski definition) is 6. The summed E-state index contributed by atoms with van der Waals surface area (Å²) in [7, 11) is 1.27. The van der Waals surface area contributed by atoms with Gasteiger partial charge >= 0.3 is 12.0 Å². The van der Waals surface area contributed by atoms with Crippen LogP contribution in [0.5, 0.6) is 5.75 Å². The van der Waals surface area contributed by atoms with Gasteiger partial charge in [-0.05, 0) is 42.8 Å². The second-order valence-corrected chi connectivity index (χ2v) is 7.37. The first-order chi connectivity index (χ1) is 16.5. The molecule has 0 saturated carbocycles. The Kier molecular flexibility index (Phi) is 6.54. The molecule has 0 aliphatic carbocycles. The third-order valence-corrected chi connectivity index (χ3v) is 5.03. The predicted molar refractivity (Wildman–Crippen MR) is 127 cm³/mol. The van der Waals surface area contributed by atoms with Gasteiger partial charge < -0.3 is 20.1 Å². The molecule has 2 N–H and O–H groups in total. The number of aromatic nitrogens is 2. The average Bonchev–Trinajstić information content (AvgIpc) is 2.84. The van der Waals surface area contributed by atoms with Gasteiger partial charge in [-0.15, -0.1) is 0 Å². The number of carbonyl (C=O) groups excluding carboxylic acids is 2. The van der Waals surface area contributed by atoms with Gasteiger partial charge in [0.15, 0.2) is 0 Å². The summed E-state index contributed by atoms with van der Waals surface area (Å²) in [5.41, 5.74) is 2.63. The smallest absolute Gasteiger partial charge is 0.339 e. The summed E-state index contributed by atoms with van der Waals surface area (Å²) in [5, 5.41) is 5.36. The summed E-state index contributed by atoms with van der Waals surface area (Å²) in [4.78, 5) is 41.5. The molecular weight excluding hydrogens is 436 g/mol. The number of para-hydroxylation sites is 3. The second kappa shape index (κ2) is 9.86. The normalized spacial score (nSPS) is 10.5. The maximum atomic E-state index is 12.6. The molecule has 2 aromatic carbocycles. The number of ether oxygens (including phenoxy) is 2. The number of nitrogens with one attached hydrogen (secondary N) is 2. The van der Waals surface area contributed by atoms with Gasteiger partial charge in [0.1, 0.15) is 18.0 Å². The molecular formula is C25H22N4O5. The number of nitrogens with zero attached hydrogens (tertiary/aromatic N) is 2. The molecule has 4 aromatic rings. The number of esters is 1. The fraction of sp³-hybridized carbons (Fsp3) is 0.120. The third-order valence-electron chi connectivity index (χ3n) is 5.03. The highest BCUT2D eigenvalue weighted by atomic mass is 16.5. The Morgan fingerprint density at radius 2 is 1.68 bits per heavy atom. The first-order valence-corrected chi connectivity index (χ1v) is 10.4. The zero-order chi connectivity index (χ0) is 24.1. The number of anilines is 2. The molecule has 0 fully saturated rings. The Labute approximate surface area is 195 Å². The average molecular weight is 458 g/mol. The van der Waals surface area contributed by atoms with E-state index in [-0.39, 0.29) is 17.7 Å². The van der Waals surface area contributed by atoms with Gasteiger partial charge in [0.05, 0.1) is 29.7 Å². The van der Waals surface area contributed by atoms with Crippen LogP contribution in [-0.4, -0.2) is 28.5 Å². The number of methoxy groups -OCH3 is 1. The maximum absolute atomic E-state index is 12.6. The summed E-state index contributed by atoms with van der Waals surface area (Å²) in [6.45, 7) is 1.91. The molecule has 172 valence electrons. The number of amides is 2. The lowest BCUT2D eigenvalue weighted by molar-refractivity contribution is 0.0602. The van der Waals surface area contributed by atoms with E-state index in [0.29, 0.717) is 28.5 Å². The number of urea groups is 1. The molecule has 4 rings (SSSR count). The lowest BCUT2D eigenvalue weighted by atomic mass is 10.2. The van der Waals surface area contributed by atoms with Crippen molar-refractivity contribution in [2.24, 2.45) is 0 Å². The third kappa shape index (κ3) is 4.88. The lowest BCUT2D eigenvalue weighted by Gasteiger charge is -2.14.